The Kier molecular flexibility index (Phi) is 5.27. The Hall–Kier alpha value is -3.23. The molecule has 1 aliphatic rings. The topological polar surface area (TPSA) is 108 Å². The van der Waals surface area contributed by atoms with Crippen LogP contribution in [0.5, 0.6) is 0 Å². The molecule has 4 rings (SSSR count). The van der Waals surface area contributed by atoms with Gasteiger partial charge in [-0.1, -0.05) is 48.5 Å². The smallest absolute Gasteiger partial charge is 0.253 e. The van der Waals surface area contributed by atoms with Crippen LogP contribution in [0.2, 0.25) is 0 Å². The van der Waals surface area contributed by atoms with Crippen molar-refractivity contribution in [2.24, 2.45) is 5.73 Å². The number of nitrogen functional groups attached to an aromatic ring is 1. The highest BCUT2D eigenvalue weighted by atomic mass is 32.2. The molecule has 1 aliphatic heterocycles. The van der Waals surface area contributed by atoms with Crippen LogP contribution in [-0.2, 0) is 10.0 Å². The van der Waals surface area contributed by atoms with Crippen LogP contribution >= 0.6 is 0 Å². The molecular weight excluding hydrogens is 400 g/mol. The maximum atomic E-state index is 13.2. The third-order valence-corrected chi connectivity index (χ3v) is 7.29. The van der Waals surface area contributed by atoms with Gasteiger partial charge in [-0.3, -0.25) is 10.2 Å². The number of sulfonamides is 1. The van der Waals surface area contributed by atoms with Gasteiger partial charge >= 0.3 is 0 Å². The molecule has 1 saturated heterocycles. The first-order valence-electron chi connectivity index (χ1n) is 9.59. The molecule has 1 heterocycles. The number of carbonyl (C=O) groups excluding carboxylic acids is 1. The van der Waals surface area contributed by atoms with Crippen molar-refractivity contribution in [1.82, 2.24) is 9.21 Å². The van der Waals surface area contributed by atoms with Gasteiger partial charge in [0.15, 0.2) is 0 Å². The van der Waals surface area contributed by atoms with Crippen LogP contribution in [-0.4, -0.2) is 55.5 Å². The number of nitrogens with one attached hydrogen (secondary N) is 1. The lowest BCUT2D eigenvalue weighted by Crippen LogP contribution is -2.50. The molecule has 154 valence electrons. The molecule has 0 aromatic heterocycles. The summed E-state index contributed by atoms with van der Waals surface area (Å²) in [5.74, 6) is -0.214. The number of fused-ring (bicyclic) bond motifs is 1. The van der Waals surface area contributed by atoms with E-state index in [1.165, 1.54) is 4.31 Å². The molecule has 0 atom stereocenters. The lowest BCUT2D eigenvalue weighted by Gasteiger charge is -2.34. The first-order chi connectivity index (χ1) is 14.4. The Balaban J connectivity index is 1.50. The first-order valence-corrected chi connectivity index (χ1v) is 11.0. The van der Waals surface area contributed by atoms with Gasteiger partial charge in [0, 0.05) is 42.7 Å². The standard InChI is InChI=1S/C22H22N4O3S/c23-21(24)17-8-10-18(11-9-17)22(27)25-12-14-26(15-13-25)30(28,29)20-7-3-5-16-4-1-2-6-19(16)20/h1-11H,12-15H2,(H3,23,24). The monoisotopic (exact) mass is 422 g/mol. The molecule has 0 spiro atoms. The molecule has 30 heavy (non-hydrogen) atoms. The van der Waals surface area contributed by atoms with Gasteiger partial charge in [-0.25, -0.2) is 8.42 Å². The van der Waals surface area contributed by atoms with E-state index in [4.69, 9.17) is 11.1 Å². The summed E-state index contributed by atoms with van der Waals surface area (Å²) in [4.78, 5) is 14.7. The van der Waals surface area contributed by atoms with Gasteiger partial charge in [0.25, 0.3) is 5.91 Å². The Labute approximate surface area is 175 Å². The molecule has 1 fully saturated rings. The predicted molar refractivity (Wildman–Crippen MR) is 116 cm³/mol. The minimum absolute atomic E-state index is 0.0544. The summed E-state index contributed by atoms with van der Waals surface area (Å²) in [5, 5.41) is 9.01. The number of amidine groups is 1. The van der Waals surface area contributed by atoms with Crippen molar-refractivity contribution in [2.45, 2.75) is 4.90 Å². The van der Waals surface area contributed by atoms with Gasteiger partial charge in [-0.05, 0) is 23.6 Å². The van der Waals surface area contributed by atoms with Crippen LogP contribution in [0.4, 0.5) is 0 Å². The van der Waals surface area contributed by atoms with Crippen molar-refractivity contribution in [1.29, 1.82) is 5.41 Å². The zero-order chi connectivity index (χ0) is 21.3. The number of amides is 1. The van der Waals surface area contributed by atoms with E-state index in [2.05, 4.69) is 0 Å². The number of benzene rings is 3. The van der Waals surface area contributed by atoms with Gasteiger partial charge in [-0.15, -0.1) is 0 Å². The van der Waals surface area contributed by atoms with E-state index in [-0.39, 0.29) is 24.8 Å². The molecule has 0 unspecified atom stereocenters. The molecule has 8 heteroatoms. The van der Waals surface area contributed by atoms with Gasteiger partial charge in [0.05, 0.1) is 4.90 Å². The van der Waals surface area contributed by atoms with E-state index in [9.17, 15) is 13.2 Å². The molecular formula is C22H22N4O3S. The third kappa shape index (κ3) is 3.67. The lowest BCUT2D eigenvalue weighted by molar-refractivity contribution is 0.0698. The van der Waals surface area contributed by atoms with Crippen LogP contribution in [0.25, 0.3) is 10.8 Å². The Morgan fingerprint density at radius 1 is 0.833 bits per heavy atom. The lowest BCUT2D eigenvalue weighted by atomic mass is 10.1. The fourth-order valence-electron chi connectivity index (χ4n) is 3.67. The van der Waals surface area contributed by atoms with E-state index < -0.39 is 10.0 Å². The van der Waals surface area contributed by atoms with E-state index in [0.29, 0.717) is 34.5 Å². The fraction of sp³-hybridized carbons (Fsp3) is 0.182. The van der Waals surface area contributed by atoms with E-state index in [1.54, 1.807) is 41.3 Å². The number of hydrogen-bond donors (Lipinski definition) is 2. The molecule has 7 nitrogen and oxygen atoms in total. The quantitative estimate of drug-likeness (QED) is 0.497. The number of piperazine rings is 1. The van der Waals surface area contributed by atoms with Gasteiger partial charge < -0.3 is 10.6 Å². The van der Waals surface area contributed by atoms with E-state index in [0.717, 1.165) is 5.39 Å². The summed E-state index contributed by atoms with van der Waals surface area (Å²) >= 11 is 0. The van der Waals surface area contributed by atoms with Crippen molar-refractivity contribution >= 4 is 32.5 Å². The Bertz CT molecular complexity index is 1210. The minimum Gasteiger partial charge on any atom is -0.384 e. The normalized spacial score (nSPS) is 15.3. The Morgan fingerprint density at radius 3 is 2.10 bits per heavy atom. The molecule has 1 amide bonds. The second-order valence-corrected chi connectivity index (χ2v) is 9.07. The zero-order valence-corrected chi connectivity index (χ0v) is 17.1. The van der Waals surface area contributed by atoms with Crippen LogP contribution in [0.3, 0.4) is 0 Å². The first kappa shape index (κ1) is 20.1. The highest BCUT2D eigenvalue weighted by molar-refractivity contribution is 7.89. The average Bonchev–Trinajstić information content (AvgIpc) is 2.78. The summed E-state index contributed by atoms with van der Waals surface area (Å²) in [6, 6.07) is 19.2. The Morgan fingerprint density at radius 2 is 1.43 bits per heavy atom. The van der Waals surface area contributed by atoms with E-state index >= 15 is 0 Å². The molecule has 0 aliphatic carbocycles. The minimum atomic E-state index is -3.66. The van der Waals surface area contributed by atoms with Gasteiger partial charge in [0.1, 0.15) is 5.84 Å². The zero-order valence-electron chi connectivity index (χ0n) is 16.3. The summed E-state index contributed by atoms with van der Waals surface area (Å²) in [6.45, 7) is 1.11. The largest absolute Gasteiger partial charge is 0.384 e. The molecule has 3 aromatic carbocycles. The summed E-state index contributed by atoms with van der Waals surface area (Å²) in [6.07, 6.45) is 0. The number of carbonyl (C=O) groups is 1. The fourth-order valence-corrected chi connectivity index (χ4v) is 5.30. The number of rotatable bonds is 4. The number of hydrogen-bond acceptors (Lipinski definition) is 4. The second kappa shape index (κ2) is 7.89. The molecule has 0 saturated carbocycles. The van der Waals surface area contributed by atoms with Crippen LogP contribution in [0.1, 0.15) is 15.9 Å². The molecule has 3 aromatic rings. The maximum absolute atomic E-state index is 13.2. The molecule has 3 N–H and O–H groups in total. The average molecular weight is 423 g/mol. The number of nitrogens with zero attached hydrogens (tertiary/aromatic N) is 2. The van der Waals surface area contributed by atoms with Crippen LogP contribution in [0.15, 0.2) is 71.6 Å². The van der Waals surface area contributed by atoms with E-state index in [1.807, 2.05) is 30.3 Å². The van der Waals surface area contributed by atoms with Crippen molar-refractivity contribution in [2.75, 3.05) is 26.2 Å². The SMILES string of the molecule is N=C(N)c1ccc(C(=O)N2CCN(S(=O)(=O)c3cccc4ccccc34)CC2)cc1. The predicted octanol–water partition coefficient (Wildman–Crippen LogP) is 2.27. The maximum Gasteiger partial charge on any atom is 0.253 e. The summed E-state index contributed by atoms with van der Waals surface area (Å²) in [5.41, 5.74) is 6.49. The number of nitrogens with two attached hydrogens (primary N) is 1. The van der Waals surface area contributed by atoms with Crippen LogP contribution in [0, 0.1) is 5.41 Å². The molecule has 0 bridgehead atoms. The van der Waals surface area contributed by atoms with Crippen molar-refractivity contribution in [3.63, 3.8) is 0 Å². The highest BCUT2D eigenvalue weighted by Crippen LogP contribution is 2.26. The van der Waals surface area contributed by atoms with Gasteiger partial charge in [0.2, 0.25) is 10.0 Å². The van der Waals surface area contributed by atoms with Crippen LogP contribution < -0.4 is 5.73 Å². The second-order valence-electron chi connectivity index (χ2n) is 7.16. The van der Waals surface area contributed by atoms with Gasteiger partial charge in [-0.2, -0.15) is 4.31 Å². The van der Waals surface area contributed by atoms with Crippen molar-refractivity contribution < 1.29 is 13.2 Å². The van der Waals surface area contributed by atoms with Crippen molar-refractivity contribution in [3.05, 3.63) is 77.9 Å². The highest BCUT2D eigenvalue weighted by Gasteiger charge is 2.31. The van der Waals surface area contributed by atoms with Crippen molar-refractivity contribution in [3.8, 4) is 0 Å². The summed E-state index contributed by atoms with van der Waals surface area (Å²) in [7, 11) is -3.66. The molecule has 0 radical (unpaired) electrons. The third-order valence-electron chi connectivity index (χ3n) is 5.34. The summed E-state index contributed by atoms with van der Waals surface area (Å²) < 4.78 is 27.9.